The van der Waals surface area contributed by atoms with Crippen molar-refractivity contribution in [3.8, 4) is 0 Å². The minimum absolute atomic E-state index is 0.0746. The average Bonchev–Trinajstić information content (AvgIpc) is 2.74. The maximum absolute atomic E-state index is 12.4. The molecule has 0 saturated heterocycles. The number of nitrogens with one attached hydrogen (secondary N) is 3. The zero-order valence-corrected chi connectivity index (χ0v) is 16.7. The fourth-order valence-electron chi connectivity index (χ4n) is 2.76. The SMILES string of the molecule is Cc1cc(NCCCN)nc(NC(=O)Nc2ccc(C(=O)c3ccccc3)cc2)n1. The molecule has 0 aliphatic carbocycles. The summed E-state index contributed by atoms with van der Waals surface area (Å²) in [5.41, 5.74) is 7.92. The molecule has 0 atom stereocenters. The molecule has 3 aromatic rings. The van der Waals surface area contributed by atoms with Crippen molar-refractivity contribution in [3.05, 3.63) is 77.5 Å². The van der Waals surface area contributed by atoms with Crippen molar-refractivity contribution in [2.75, 3.05) is 29.0 Å². The molecule has 154 valence electrons. The van der Waals surface area contributed by atoms with Gasteiger partial charge < -0.3 is 16.4 Å². The summed E-state index contributed by atoms with van der Waals surface area (Å²) in [6, 6.07) is 17.0. The molecule has 0 radical (unpaired) electrons. The number of aromatic nitrogens is 2. The quantitative estimate of drug-likeness (QED) is 0.337. The van der Waals surface area contributed by atoms with Crippen LogP contribution in [0, 0.1) is 6.92 Å². The van der Waals surface area contributed by atoms with Gasteiger partial charge in [0.1, 0.15) is 5.82 Å². The van der Waals surface area contributed by atoms with E-state index in [9.17, 15) is 9.59 Å². The number of urea groups is 1. The first-order valence-electron chi connectivity index (χ1n) is 9.62. The van der Waals surface area contributed by atoms with Crippen LogP contribution in [-0.4, -0.2) is 34.9 Å². The van der Waals surface area contributed by atoms with Gasteiger partial charge in [0.05, 0.1) is 0 Å². The molecular formula is C22H24N6O2. The van der Waals surface area contributed by atoms with E-state index in [1.54, 1.807) is 42.5 Å². The summed E-state index contributed by atoms with van der Waals surface area (Å²) in [7, 11) is 0. The van der Waals surface area contributed by atoms with E-state index in [-0.39, 0.29) is 11.7 Å². The molecule has 5 N–H and O–H groups in total. The van der Waals surface area contributed by atoms with Crippen LogP contribution in [0.4, 0.5) is 22.2 Å². The average molecular weight is 404 g/mol. The number of nitrogens with two attached hydrogens (primary N) is 1. The number of rotatable bonds is 8. The van der Waals surface area contributed by atoms with Gasteiger partial charge >= 0.3 is 6.03 Å². The van der Waals surface area contributed by atoms with Gasteiger partial charge in [-0.15, -0.1) is 0 Å². The first kappa shape index (κ1) is 20.9. The van der Waals surface area contributed by atoms with Gasteiger partial charge in [0, 0.05) is 35.1 Å². The molecule has 2 aromatic carbocycles. The molecule has 2 amide bonds. The molecule has 1 aromatic heterocycles. The van der Waals surface area contributed by atoms with Crippen molar-refractivity contribution >= 4 is 29.3 Å². The van der Waals surface area contributed by atoms with E-state index in [0.717, 1.165) is 12.1 Å². The highest BCUT2D eigenvalue weighted by atomic mass is 16.2. The Morgan fingerprint density at radius 3 is 2.33 bits per heavy atom. The van der Waals surface area contributed by atoms with Crippen LogP contribution < -0.4 is 21.7 Å². The van der Waals surface area contributed by atoms with Gasteiger partial charge in [-0.2, -0.15) is 4.98 Å². The Morgan fingerprint density at radius 1 is 0.933 bits per heavy atom. The molecule has 0 aliphatic heterocycles. The highest BCUT2D eigenvalue weighted by Gasteiger charge is 2.10. The van der Waals surface area contributed by atoms with E-state index in [1.165, 1.54) is 0 Å². The third-order valence-electron chi connectivity index (χ3n) is 4.21. The van der Waals surface area contributed by atoms with Crippen molar-refractivity contribution in [2.24, 2.45) is 5.73 Å². The van der Waals surface area contributed by atoms with E-state index in [2.05, 4.69) is 25.9 Å². The second kappa shape index (κ2) is 10.1. The van der Waals surface area contributed by atoms with E-state index in [1.807, 2.05) is 25.1 Å². The van der Waals surface area contributed by atoms with Crippen molar-refractivity contribution in [1.82, 2.24) is 9.97 Å². The van der Waals surface area contributed by atoms with Crippen LogP contribution >= 0.6 is 0 Å². The van der Waals surface area contributed by atoms with Crippen LogP contribution in [0.25, 0.3) is 0 Å². The van der Waals surface area contributed by atoms with Gasteiger partial charge in [0.2, 0.25) is 5.95 Å². The lowest BCUT2D eigenvalue weighted by Gasteiger charge is -2.10. The third-order valence-corrected chi connectivity index (χ3v) is 4.21. The van der Waals surface area contributed by atoms with Crippen molar-refractivity contribution in [3.63, 3.8) is 0 Å². The Bertz CT molecular complexity index is 1010. The highest BCUT2D eigenvalue weighted by Crippen LogP contribution is 2.15. The van der Waals surface area contributed by atoms with Gasteiger partial charge in [-0.3, -0.25) is 10.1 Å². The largest absolute Gasteiger partial charge is 0.370 e. The van der Waals surface area contributed by atoms with E-state index >= 15 is 0 Å². The lowest BCUT2D eigenvalue weighted by molar-refractivity contribution is 0.103. The molecule has 0 spiro atoms. The summed E-state index contributed by atoms with van der Waals surface area (Å²) in [6.45, 7) is 3.09. The molecule has 3 rings (SSSR count). The molecule has 8 nitrogen and oxygen atoms in total. The maximum Gasteiger partial charge on any atom is 0.326 e. The Balaban J connectivity index is 1.60. The molecule has 0 bridgehead atoms. The number of benzene rings is 2. The van der Waals surface area contributed by atoms with Crippen LogP contribution in [0.1, 0.15) is 28.0 Å². The summed E-state index contributed by atoms with van der Waals surface area (Å²) in [5.74, 6) is 0.739. The van der Waals surface area contributed by atoms with Crippen LogP contribution in [0.5, 0.6) is 0 Å². The lowest BCUT2D eigenvalue weighted by atomic mass is 10.0. The van der Waals surface area contributed by atoms with Gasteiger partial charge in [-0.05, 0) is 44.2 Å². The summed E-state index contributed by atoms with van der Waals surface area (Å²) in [5, 5.41) is 8.48. The molecule has 0 unspecified atom stereocenters. The van der Waals surface area contributed by atoms with E-state index < -0.39 is 6.03 Å². The first-order chi connectivity index (χ1) is 14.5. The van der Waals surface area contributed by atoms with E-state index in [4.69, 9.17) is 5.73 Å². The number of ketones is 1. The topological polar surface area (TPSA) is 122 Å². The summed E-state index contributed by atoms with van der Waals surface area (Å²) >= 11 is 0. The number of aryl methyl sites for hydroxylation is 1. The van der Waals surface area contributed by atoms with E-state index in [0.29, 0.717) is 35.7 Å². The molecule has 1 heterocycles. The van der Waals surface area contributed by atoms with Gasteiger partial charge in [0.25, 0.3) is 0 Å². The smallest absolute Gasteiger partial charge is 0.326 e. The standard InChI is InChI=1S/C22H24N6O2/c1-15-14-19(24-13-5-12-23)27-21(25-15)28-22(30)26-18-10-8-17(9-11-18)20(29)16-6-3-2-4-7-16/h2-4,6-11,14H,5,12-13,23H2,1H3,(H3,24,25,26,27,28,30). The van der Waals surface area contributed by atoms with Crippen molar-refractivity contribution in [1.29, 1.82) is 0 Å². The highest BCUT2D eigenvalue weighted by molar-refractivity contribution is 6.09. The summed E-state index contributed by atoms with van der Waals surface area (Å²) in [4.78, 5) is 33.2. The Kier molecular flexibility index (Phi) is 7.07. The maximum atomic E-state index is 12.4. The minimum Gasteiger partial charge on any atom is -0.370 e. The second-order valence-corrected chi connectivity index (χ2v) is 6.64. The molecule has 0 fully saturated rings. The van der Waals surface area contributed by atoms with Crippen molar-refractivity contribution < 1.29 is 9.59 Å². The van der Waals surface area contributed by atoms with Crippen molar-refractivity contribution in [2.45, 2.75) is 13.3 Å². The van der Waals surface area contributed by atoms with Crippen LogP contribution in [0.2, 0.25) is 0 Å². The third kappa shape index (κ3) is 5.86. The van der Waals surface area contributed by atoms with Crippen LogP contribution in [-0.2, 0) is 0 Å². The predicted molar refractivity (Wildman–Crippen MR) is 118 cm³/mol. The number of nitrogens with zero attached hydrogens (tertiary/aromatic N) is 2. The fraction of sp³-hybridized carbons (Fsp3) is 0.182. The first-order valence-corrected chi connectivity index (χ1v) is 9.62. The number of hydrogen-bond donors (Lipinski definition) is 4. The van der Waals surface area contributed by atoms with Gasteiger partial charge in [0.15, 0.2) is 5.78 Å². The zero-order valence-electron chi connectivity index (χ0n) is 16.7. The lowest BCUT2D eigenvalue weighted by Crippen LogP contribution is -2.21. The fourth-order valence-corrected chi connectivity index (χ4v) is 2.76. The van der Waals surface area contributed by atoms with Crippen LogP contribution in [0.3, 0.4) is 0 Å². The number of carbonyl (C=O) groups is 2. The Morgan fingerprint density at radius 2 is 1.63 bits per heavy atom. The Labute approximate surface area is 174 Å². The number of anilines is 3. The minimum atomic E-state index is -0.476. The second-order valence-electron chi connectivity index (χ2n) is 6.64. The molecular weight excluding hydrogens is 380 g/mol. The number of amides is 2. The van der Waals surface area contributed by atoms with Crippen LogP contribution in [0.15, 0.2) is 60.7 Å². The predicted octanol–water partition coefficient (Wildman–Crippen LogP) is 3.42. The summed E-state index contributed by atoms with van der Waals surface area (Å²) < 4.78 is 0. The van der Waals surface area contributed by atoms with Gasteiger partial charge in [-0.25, -0.2) is 9.78 Å². The zero-order chi connectivity index (χ0) is 21.3. The number of carbonyl (C=O) groups excluding carboxylic acids is 2. The van der Waals surface area contributed by atoms with Gasteiger partial charge in [-0.1, -0.05) is 30.3 Å². The molecule has 8 heteroatoms. The molecule has 0 aliphatic rings. The Hall–Kier alpha value is -3.78. The normalized spacial score (nSPS) is 10.3. The monoisotopic (exact) mass is 404 g/mol. The molecule has 30 heavy (non-hydrogen) atoms. The molecule has 0 saturated carbocycles. The number of hydrogen-bond acceptors (Lipinski definition) is 6. The summed E-state index contributed by atoms with van der Waals surface area (Å²) in [6.07, 6.45) is 0.815.